The van der Waals surface area contributed by atoms with Gasteiger partial charge in [-0.3, -0.25) is 5.41 Å². The zero-order valence-corrected chi connectivity index (χ0v) is 11.9. The van der Waals surface area contributed by atoms with E-state index in [2.05, 4.69) is 34.9 Å². The van der Waals surface area contributed by atoms with Crippen LogP contribution in [0.5, 0.6) is 0 Å². The fourth-order valence-corrected chi connectivity index (χ4v) is 2.05. The maximum Gasteiger partial charge on any atom is 0.124 e. The summed E-state index contributed by atoms with van der Waals surface area (Å²) in [4.78, 5) is 0. The quantitative estimate of drug-likeness (QED) is 0.676. The standard InChI is InChI=1S/C13H15BrN4/c1-8(2)11-5-6-18(17-11)12-7-9(14)3-4-10(12)13(15)16/h3-8H,1-2H3,(H3,15,16). The second-order valence-electron chi connectivity index (χ2n) is 4.42. The van der Waals surface area contributed by atoms with Gasteiger partial charge in [0.05, 0.1) is 11.4 Å². The van der Waals surface area contributed by atoms with Gasteiger partial charge in [-0.15, -0.1) is 0 Å². The summed E-state index contributed by atoms with van der Waals surface area (Å²) in [5, 5.41) is 12.1. The van der Waals surface area contributed by atoms with E-state index in [1.54, 1.807) is 4.68 Å². The van der Waals surface area contributed by atoms with Crippen LogP contribution in [-0.4, -0.2) is 15.6 Å². The summed E-state index contributed by atoms with van der Waals surface area (Å²) in [7, 11) is 0. The molecule has 94 valence electrons. The lowest BCUT2D eigenvalue weighted by atomic mass is 10.1. The van der Waals surface area contributed by atoms with Crippen LogP contribution in [0.2, 0.25) is 0 Å². The average Bonchev–Trinajstić information content (AvgIpc) is 2.77. The zero-order chi connectivity index (χ0) is 13.3. The molecule has 0 spiro atoms. The highest BCUT2D eigenvalue weighted by atomic mass is 79.9. The molecule has 0 atom stereocenters. The van der Waals surface area contributed by atoms with Crippen LogP contribution in [0, 0.1) is 5.41 Å². The van der Waals surface area contributed by atoms with Crippen molar-refractivity contribution in [2.75, 3.05) is 0 Å². The van der Waals surface area contributed by atoms with Crippen molar-refractivity contribution in [1.82, 2.24) is 9.78 Å². The van der Waals surface area contributed by atoms with Gasteiger partial charge in [0.25, 0.3) is 0 Å². The fraction of sp³-hybridized carbons (Fsp3) is 0.231. The van der Waals surface area contributed by atoms with Gasteiger partial charge in [0, 0.05) is 16.2 Å². The number of hydrogen-bond acceptors (Lipinski definition) is 2. The molecule has 3 N–H and O–H groups in total. The van der Waals surface area contributed by atoms with Crippen molar-refractivity contribution in [2.45, 2.75) is 19.8 Å². The van der Waals surface area contributed by atoms with E-state index < -0.39 is 0 Å². The number of halogens is 1. The van der Waals surface area contributed by atoms with Crippen molar-refractivity contribution in [1.29, 1.82) is 5.41 Å². The highest BCUT2D eigenvalue weighted by molar-refractivity contribution is 9.10. The normalized spacial score (nSPS) is 10.9. The first-order valence-corrected chi connectivity index (χ1v) is 6.48. The van der Waals surface area contributed by atoms with Gasteiger partial charge < -0.3 is 5.73 Å². The summed E-state index contributed by atoms with van der Waals surface area (Å²) < 4.78 is 2.70. The van der Waals surface area contributed by atoms with Gasteiger partial charge >= 0.3 is 0 Å². The van der Waals surface area contributed by atoms with E-state index in [1.807, 2.05) is 30.5 Å². The molecule has 1 aromatic carbocycles. The van der Waals surface area contributed by atoms with E-state index in [0.29, 0.717) is 11.5 Å². The topological polar surface area (TPSA) is 67.7 Å². The first-order valence-electron chi connectivity index (χ1n) is 5.69. The Bertz CT molecular complexity index is 586. The summed E-state index contributed by atoms with van der Waals surface area (Å²) in [6, 6.07) is 7.58. The Balaban J connectivity index is 2.54. The van der Waals surface area contributed by atoms with Gasteiger partial charge in [0.15, 0.2) is 0 Å². The van der Waals surface area contributed by atoms with Crippen LogP contribution in [0.15, 0.2) is 34.9 Å². The second-order valence-corrected chi connectivity index (χ2v) is 5.33. The number of rotatable bonds is 3. The lowest BCUT2D eigenvalue weighted by Gasteiger charge is -2.09. The van der Waals surface area contributed by atoms with Gasteiger partial charge in [-0.05, 0) is 30.2 Å². The predicted molar refractivity (Wildman–Crippen MR) is 76.4 cm³/mol. The van der Waals surface area contributed by atoms with Crippen LogP contribution in [0.3, 0.4) is 0 Å². The molecule has 0 aliphatic rings. The van der Waals surface area contributed by atoms with Crippen LogP contribution in [0.25, 0.3) is 5.69 Å². The second kappa shape index (κ2) is 4.94. The maximum absolute atomic E-state index is 7.61. The number of amidine groups is 1. The molecule has 2 aromatic rings. The number of aromatic nitrogens is 2. The highest BCUT2D eigenvalue weighted by Gasteiger charge is 2.10. The average molecular weight is 307 g/mol. The molecule has 0 fully saturated rings. The summed E-state index contributed by atoms with van der Waals surface area (Å²) in [5.74, 6) is 0.415. The molecule has 0 unspecified atom stereocenters. The van der Waals surface area contributed by atoms with Crippen molar-refractivity contribution < 1.29 is 0 Å². The smallest absolute Gasteiger partial charge is 0.124 e. The molecule has 1 heterocycles. The van der Waals surface area contributed by atoms with Gasteiger partial charge in [-0.1, -0.05) is 29.8 Å². The molecule has 0 amide bonds. The fourth-order valence-electron chi connectivity index (χ4n) is 1.70. The van der Waals surface area contributed by atoms with E-state index in [4.69, 9.17) is 11.1 Å². The van der Waals surface area contributed by atoms with Gasteiger partial charge in [0.2, 0.25) is 0 Å². The summed E-state index contributed by atoms with van der Waals surface area (Å²) in [6.45, 7) is 4.19. The first-order chi connectivity index (χ1) is 8.49. The number of nitrogens with two attached hydrogens (primary N) is 1. The third-order valence-corrected chi connectivity index (χ3v) is 3.19. The molecular formula is C13H15BrN4. The molecule has 4 nitrogen and oxygen atoms in total. The molecule has 2 rings (SSSR count). The van der Waals surface area contributed by atoms with Crippen molar-refractivity contribution in [3.05, 3.63) is 46.2 Å². The molecule has 0 radical (unpaired) electrons. The van der Waals surface area contributed by atoms with Crippen molar-refractivity contribution in [3.63, 3.8) is 0 Å². The van der Waals surface area contributed by atoms with Crippen LogP contribution in [0.1, 0.15) is 31.0 Å². The zero-order valence-electron chi connectivity index (χ0n) is 10.3. The van der Waals surface area contributed by atoms with E-state index >= 15 is 0 Å². The molecule has 0 saturated heterocycles. The van der Waals surface area contributed by atoms with Crippen LogP contribution in [-0.2, 0) is 0 Å². The van der Waals surface area contributed by atoms with E-state index in [-0.39, 0.29) is 5.84 Å². The monoisotopic (exact) mass is 306 g/mol. The molecule has 0 saturated carbocycles. The van der Waals surface area contributed by atoms with Crippen molar-refractivity contribution >= 4 is 21.8 Å². The Labute approximate surface area is 114 Å². The van der Waals surface area contributed by atoms with Gasteiger partial charge in [0.1, 0.15) is 5.84 Å². The Kier molecular flexibility index (Phi) is 3.52. The molecular weight excluding hydrogens is 292 g/mol. The molecule has 0 aliphatic carbocycles. The first kappa shape index (κ1) is 12.8. The molecule has 0 aliphatic heterocycles. The Morgan fingerprint density at radius 1 is 1.39 bits per heavy atom. The van der Waals surface area contributed by atoms with Gasteiger partial charge in [-0.2, -0.15) is 5.10 Å². The minimum absolute atomic E-state index is 0.0408. The summed E-state index contributed by atoms with van der Waals surface area (Å²) >= 11 is 3.43. The molecule has 18 heavy (non-hydrogen) atoms. The van der Waals surface area contributed by atoms with E-state index in [9.17, 15) is 0 Å². The van der Waals surface area contributed by atoms with Crippen molar-refractivity contribution in [2.24, 2.45) is 5.73 Å². The van der Waals surface area contributed by atoms with E-state index in [0.717, 1.165) is 15.9 Å². The number of nitrogens with zero attached hydrogens (tertiary/aromatic N) is 2. The highest BCUT2D eigenvalue weighted by Crippen LogP contribution is 2.21. The molecule has 1 aromatic heterocycles. The molecule has 0 bridgehead atoms. The Morgan fingerprint density at radius 2 is 2.11 bits per heavy atom. The summed E-state index contributed by atoms with van der Waals surface area (Å²) in [6.07, 6.45) is 1.89. The largest absolute Gasteiger partial charge is 0.384 e. The lowest BCUT2D eigenvalue weighted by molar-refractivity contribution is 0.767. The minimum atomic E-state index is 0.0408. The SMILES string of the molecule is CC(C)c1ccn(-c2cc(Br)ccc2C(=N)N)n1. The van der Waals surface area contributed by atoms with E-state index in [1.165, 1.54) is 0 Å². The third-order valence-electron chi connectivity index (χ3n) is 2.70. The van der Waals surface area contributed by atoms with Crippen molar-refractivity contribution in [3.8, 4) is 5.69 Å². The Hall–Kier alpha value is -1.62. The van der Waals surface area contributed by atoms with Crippen LogP contribution in [0.4, 0.5) is 0 Å². The summed E-state index contributed by atoms with van der Waals surface area (Å²) in [5.41, 5.74) is 8.10. The van der Waals surface area contributed by atoms with Crippen LogP contribution >= 0.6 is 15.9 Å². The molecule has 5 heteroatoms. The number of benzene rings is 1. The lowest BCUT2D eigenvalue weighted by Crippen LogP contribution is -2.15. The van der Waals surface area contributed by atoms with Crippen LogP contribution < -0.4 is 5.73 Å². The maximum atomic E-state index is 7.61. The number of nitrogens with one attached hydrogen (secondary N) is 1. The number of hydrogen-bond donors (Lipinski definition) is 2. The third kappa shape index (κ3) is 2.46. The Morgan fingerprint density at radius 3 is 2.67 bits per heavy atom. The minimum Gasteiger partial charge on any atom is -0.384 e. The number of nitrogen functional groups attached to an aromatic ring is 1. The predicted octanol–water partition coefficient (Wildman–Crippen LogP) is 3.04. The van der Waals surface area contributed by atoms with Gasteiger partial charge in [-0.25, -0.2) is 4.68 Å².